The molecule has 3 heterocycles. The Labute approximate surface area is 260 Å². The van der Waals surface area contributed by atoms with Gasteiger partial charge in [-0.15, -0.1) is 0 Å². The lowest BCUT2D eigenvalue weighted by molar-refractivity contribution is -0.154. The first kappa shape index (κ1) is 30.6. The molecular formula is C30H29ClF3N7O4. The molecule has 2 aliphatic heterocycles. The van der Waals surface area contributed by atoms with Crippen LogP contribution in [0.5, 0.6) is 6.01 Å². The Bertz CT molecular complexity index is 1600. The molecule has 15 heteroatoms. The molecule has 0 spiro atoms. The van der Waals surface area contributed by atoms with E-state index in [2.05, 4.69) is 20.3 Å². The minimum Gasteiger partial charge on any atom is -0.454 e. The maximum absolute atomic E-state index is 13.2. The molecule has 0 bridgehead atoms. The zero-order valence-electron chi connectivity index (χ0n) is 23.9. The van der Waals surface area contributed by atoms with Crippen LogP contribution >= 0.6 is 11.6 Å². The average molecular weight is 644 g/mol. The average Bonchev–Trinajstić information content (AvgIpc) is 3.49. The number of nitrogens with two attached hydrogens (primary N) is 1. The highest BCUT2D eigenvalue weighted by molar-refractivity contribution is 6.34. The number of carbonyl (C=O) groups is 3. The van der Waals surface area contributed by atoms with Crippen molar-refractivity contribution in [3.63, 3.8) is 0 Å². The van der Waals surface area contributed by atoms with Crippen LogP contribution in [0.3, 0.4) is 0 Å². The monoisotopic (exact) mass is 643 g/mol. The SMILES string of the molecule is NC(=O)C(=O)N1CC2CN(C(=O)c3ccc(Nc4nc(CC5(c6ccc(Cl)cc6)CC5)nc(OCC(F)(F)F)n4)cc3)CC2C1. The van der Waals surface area contributed by atoms with E-state index in [0.29, 0.717) is 48.9 Å². The molecule has 3 aliphatic rings. The van der Waals surface area contributed by atoms with Crippen LogP contribution in [0.4, 0.5) is 24.8 Å². The fourth-order valence-electron chi connectivity index (χ4n) is 6.06. The maximum Gasteiger partial charge on any atom is 0.422 e. The van der Waals surface area contributed by atoms with Crippen molar-refractivity contribution in [1.29, 1.82) is 0 Å². The van der Waals surface area contributed by atoms with E-state index in [1.807, 2.05) is 12.1 Å². The summed E-state index contributed by atoms with van der Waals surface area (Å²) in [5.74, 6) is -1.45. The second kappa shape index (κ2) is 11.8. The number of amides is 3. The van der Waals surface area contributed by atoms with Crippen LogP contribution in [-0.4, -0.2) is 81.4 Å². The maximum atomic E-state index is 13.2. The van der Waals surface area contributed by atoms with Crippen LogP contribution in [0.1, 0.15) is 34.6 Å². The minimum atomic E-state index is -4.57. The van der Waals surface area contributed by atoms with Gasteiger partial charge in [-0.05, 0) is 54.8 Å². The molecule has 6 rings (SSSR count). The van der Waals surface area contributed by atoms with Gasteiger partial charge in [0.25, 0.3) is 5.91 Å². The zero-order valence-corrected chi connectivity index (χ0v) is 24.6. The first-order chi connectivity index (χ1) is 21.4. The van der Waals surface area contributed by atoms with Gasteiger partial charge in [0.05, 0.1) is 0 Å². The van der Waals surface area contributed by atoms with E-state index in [9.17, 15) is 27.6 Å². The van der Waals surface area contributed by atoms with Crippen LogP contribution in [0.2, 0.25) is 5.02 Å². The van der Waals surface area contributed by atoms with Gasteiger partial charge in [-0.25, -0.2) is 0 Å². The van der Waals surface area contributed by atoms with Crippen molar-refractivity contribution >= 4 is 41.0 Å². The second-order valence-corrected chi connectivity index (χ2v) is 12.2. The molecular weight excluding hydrogens is 615 g/mol. The lowest BCUT2D eigenvalue weighted by atomic mass is 9.92. The highest BCUT2D eigenvalue weighted by Crippen LogP contribution is 2.50. The summed E-state index contributed by atoms with van der Waals surface area (Å²) in [6.07, 6.45) is -2.48. The number of primary amides is 1. The number of halogens is 4. The number of nitrogens with one attached hydrogen (secondary N) is 1. The number of carbonyl (C=O) groups excluding carboxylic acids is 3. The predicted molar refractivity (Wildman–Crippen MR) is 156 cm³/mol. The van der Waals surface area contributed by atoms with Crippen molar-refractivity contribution in [2.24, 2.45) is 17.6 Å². The molecule has 2 unspecified atom stereocenters. The third-order valence-electron chi connectivity index (χ3n) is 8.49. The quantitative estimate of drug-likeness (QED) is 0.355. The molecule has 2 aromatic carbocycles. The molecule has 3 amide bonds. The van der Waals surface area contributed by atoms with E-state index in [-0.39, 0.29) is 34.9 Å². The molecule has 2 saturated heterocycles. The molecule has 45 heavy (non-hydrogen) atoms. The van der Waals surface area contributed by atoms with Crippen molar-refractivity contribution in [2.45, 2.75) is 30.9 Å². The second-order valence-electron chi connectivity index (χ2n) is 11.7. The zero-order chi connectivity index (χ0) is 31.9. The summed E-state index contributed by atoms with van der Waals surface area (Å²) in [7, 11) is 0. The smallest absolute Gasteiger partial charge is 0.422 e. The third-order valence-corrected chi connectivity index (χ3v) is 8.74. The largest absolute Gasteiger partial charge is 0.454 e. The summed E-state index contributed by atoms with van der Waals surface area (Å²) in [4.78, 5) is 52.2. The Morgan fingerprint density at radius 3 is 2.13 bits per heavy atom. The van der Waals surface area contributed by atoms with E-state index in [0.717, 1.165) is 18.4 Å². The molecule has 11 nitrogen and oxygen atoms in total. The Kier molecular flexibility index (Phi) is 8.02. The Balaban J connectivity index is 1.14. The van der Waals surface area contributed by atoms with Crippen molar-refractivity contribution in [1.82, 2.24) is 24.8 Å². The van der Waals surface area contributed by atoms with Crippen LogP contribution in [0.15, 0.2) is 48.5 Å². The van der Waals surface area contributed by atoms with E-state index in [1.165, 1.54) is 4.90 Å². The molecule has 0 radical (unpaired) electrons. The summed E-state index contributed by atoms with van der Waals surface area (Å²) in [6, 6.07) is 13.5. The van der Waals surface area contributed by atoms with Crippen LogP contribution in [-0.2, 0) is 21.4 Å². The number of likely N-dealkylation sites (tertiary alicyclic amines) is 2. The van der Waals surface area contributed by atoms with E-state index in [4.69, 9.17) is 22.1 Å². The molecule has 1 saturated carbocycles. The molecule has 3 N–H and O–H groups in total. The van der Waals surface area contributed by atoms with E-state index in [1.54, 1.807) is 41.3 Å². The minimum absolute atomic E-state index is 0.00517. The first-order valence-electron chi connectivity index (χ1n) is 14.3. The number of fused-ring (bicyclic) bond motifs is 1. The van der Waals surface area contributed by atoms with Gasteiger partial charge >= 0.3 is 24.0 Å². The Morgan fingerprint density at radius 1 is 0.933 bits per heavy atom. The molecule has 3 fully saturated rings. The highest BCUT2D eigenvalue weighted by Gasteiger charge is 2.45. The fourth-order valence-corrected chi connectivity index (χ4v) is 6.18. The number of nitrogens with zero attached hydrogens (tertiary/aromatic N) is 5. The van der Waals surface area contributed by atoms with Gasteiger partial charge in [-0.1, -0.05) is 23.7 Å². The van der Waals surface area contributed by atoms with Crippen molar-refractivity contribution in [3.05, 3.63) is 70.5 Å². The Hall–Kier alpha value is -4.46. The van der Waals surface area contributed by atoms with E-state index < -0.39 is 30.6 Å². The van der Waals surface area contributed by atoms with Gasteiger partial charge < -0.3 is 25.6 Å². The number of alkyl halides is 3. The van der Waals surface area contributed by atoms with Crippen LogP contribution in [0, 0.1) is 11.8 Å². The summed E-state index contributed by atoms with van der Waals surface area (Å²) in [5.41, 5.74) is 6.84. The summed E-state index contributed by atoms with van der Waals surface area (Å²) >= 11 is 6.04. The van der Waals surface area contributed by atoms with Gasteiger partial charge in [0.2, 0.25) is 5.95 Å². The molecule has 236 valence electrons. The standard InChI is InChI=1S/C30H29ClF3N7O4/c31-21-5-3-20(4-6-21)29(9-10-29)11-23-37-27(39-28(38-23)45-16-30(32,33)34)36-22-7-1-17(2-8-22)25(43)40-12-18-14-41(15-19(18)13-40)26(44)24(35)42/h1-8,18-19H,9-16H2,(H2,35,42)(H,36,37,38,39). The first-order valence-corrected chi connectivity index (χ1v) is 14.7. The lowest BCUT2D eigenvalue weighted by Crippen LogP contribution is -2.41. The number of hydrogen-bond acceptors (Lipinski definition) is 8. The van der Waals surface area contributed by atoms with Crippen molar-refractivity contribution in [3.8, 4) is 6.01 Å². The normalized spacial score (nSPS) is 20.1. The van der Waals surface area contributed by atoms with Crippen molar-refractivity contribution < 1.29 is 32.3 Å². The summed E-state index contributed by atoms with van der Waals surface area (Å²) < 4.78 is 43.6. The third kappa shape index (κ3) is 6.95. The summed E-state index contributed by atoms with van der Waals surface area (Å²) in [6.45, 7) is 0.119. The van der Waals surface area contributed by atoms with Crippen LogP contribution in [0.25, 0.3) is 0 Å². The number of benzene rings is 2. The molecule has 3 aromatic rings. The van der Waals surface area contributed by atoms with Gasteiger partial charge in [-0.3, -0.25) is 14.4 Å². The lowest BCUT2D eigenvalue weighted by Gasteiger charge is -2.21. The number of rotatable bonds is 8. The Morgan fingerprint density at radius 2 is 1.56 bits per heavy atom. The van der Waals surface area contributed by atoms with E-state index >= 15 is 0 Å². The van der Waals surface area contributed by atoms with Gasteiger partial charge in [-0.2, -0.15) is 28.1 Å². The predicted octanol–water partition coefficient (Wildman–Crippen LogP) is 3.50. The number of aromatic nitrogens is 3. The van der Waals surface area contributed by atoms with Gasteiger partial charge in [0.15, 0.2) is 6.61 Å². The molecule has 2 atom stereocenters. The number of ether oxygens (including phenoxy) is 1. The number of hydrogen-bond donors (Lipinski definition) is 2. The molecule has 1 aromatic heterocycles. The fraction of sp³-hybridized carbons (Fsp3) is 0.400. The highest BCUT2D eigenvalue weighted by atomic mass is 35.5. The van der Waals surface area contributed by atoms with Crippen molar-refractivity contribution in [2.75, 3.05) is 38.1 Å². The summed E-state index contributed by atoms with van der Waals surface area (Å²) in [5, 5.41) is 3.59. The van der Waals surface area contributed by atoms with Gasteiger partial charge in [0.1, 0.15) is 5.82 Å². The molecule has 1 aliphatic carbocycles. The number of anilines is 2. The van der Waals surface area contributed by atoms with Gasteiger partial charge in [0, 0.05) is 66.1 Å². The van der Waals surface area contributed by atoms with Crippen LogP contribution < -0.4 is 15.8 Å². The topological polar surface area (TPSA) is 144 Å².